The van der Waals surface area contributed by atoms with Gasteiger partial charge in [-0.2, -0.15) is 0 Å². The summed E-state index contributed by atoms with van der Waals surface area (Å²) in [6, 6.07) is 2.20. The summed E-state index contributed by atoms with van der Waals surface area (Å²) in [6.45, 7) is 7.52. The second kappa shape index (κ2) is 5.68. The molecule has 0 aliphatic heterocycles. The first-order valence-corrected chi connectivity index (χ1v) is 8.51. The van der Waals surface area contributed by atoms with Crippen LogP contribution in [0.5, 0.6) is 0 Å². The van der Waals surface area contributed by atoms with Gasteiger partial charge in [0.2, 0.25) is 0 Å². The van der Waals surface area contributed by atoms with Gasteiger partial charge in [0.05, 0.1) is 5.39 Å². The van der Waals surface area contributed by atoms with E-state index in [0.29, 0.717) is 5.92 Å². The quantitative estimate of drug-likeness (QED) is 0.888. The van der Waals surface area contributed by atoms with E-state index in [1.807, 2.05) is 0 Å². The summed E-state index contributed by atoms with van der Waals surface area (Å²) in [5.74, 6) is 3.43. The highest BCUT2D eigenvalue weighted by Crippen LogP contribution is 2.37. The molecule has 3 rings (SSSR count). The van der Waals surface area contributed by atoms with Crippen LogP contribution < -0.4 is 5.32 Å². The number of hydrogen-bond acceptors (Lipinski definition) is 4. The lowest BCUT2D eigenvalue weighted by Gasteiger charge is -2.25. The van der Waals surface area contributed by atoms with Crippen LogP contribution in [0.1, 0.15) is 56.2 Å². The van der Waals surface area contributed by atoms with Gasteiger partial charge in [-0.25, -0.2) is 9.97 Å². The number of rotatable bonds is 3. The molecule has 1 saturated carbocycles. The van der Waals surface area contributed by atoms with Crippen LogP contribution in [0, 0.1) is 12.8 Å². The van der Waals surface area contributed by atoms with E-state index in [1.54, 1.807) is 11.3 Å². The van der Waals surface area contributed by atoms with Crippen molar-refractivity contribution in [2.24, 2.45) is 5.92 Å². The first-order chi connectivity index (χ1) is 9.67. The molecule has 1 aliphatic carbocycles. The molecule has 0 aromatic carbocycles. The Balaban J connectivity index is 2.02. The maximum absolute atomic E-state index is 4.86. The molecule has 2 atom stereocenters. The molecular formula is C16H23N3S. The molecule has 20 heavy (non-hydrogen) atoms. The molecule has 0 bridgehead atoms. The van der Waals surface area contributed by atoms with Gasteiger partial charge in [0.1, 0.15) is 16.5 Å². The van der Waals surface area contributed by atoms with E-state index in [9.17, 15) is 0 Å². The molecule has 2 heterocycles. The van der Waals surface area contributed by atoms with Crippen LogP contribution >= 0.6 is 11.3 Å². The molecule has 2 unspecified atom stereocenters. The molecule has 0 spiro atoms. The molecule has 1 aliphatic rings. The van der Waals surface area contributed by atoms with E-state index in [0.717, 1.165) is 28.9 Å². The minimum Gasteiger partial charge on any atom is -0.370 e. The van der Waals surface area contributed by atoms with Crippen molar-refractivity contribution in [3.8, 4) is 0 Å². The second-order valence-electron chi connectivity index (χ2n) is 6.01. The average molecular weight is 289 g/mol. The third kappa shape index (κ3) is 2.66. The number of fused-ring (bicyclic) bond motifs is 1. The van der Waals surface area contributed by atoms with Gasteiger partial charge in [-0.3, -0.25) is 0 Å². The molecule has 1 fully saturated rings. The first-order valence-electron chi connectivity index (χ1n) is 7.69. The van der Waals surface area contributed by atoms with Crippen molar-refractivity contribution in [2.75, 3.05) is 11.9 Å². The fourth-order valence-corrected chi connectivity index (χ4v) is 4.10. The standard InChI is InChI=1S/C16H23N3S/c1-4-17-15-13-9-11(3)20-16(13)19-14(18-15)12-7-5-6-10(2)8-12/h9-10,12H,4-8H2,1-3H3,(H,17,18,19). The molecule has 4 heteroatoms. The fourth-order valence-electron chi connectivity index (χ4n) is 3.21. The summed E-state index contributed by atoms with van der Waals surface area (Å²) in [4.78, 5) is 12.2. The van der Waals surface area contributed by atoms with E-state index >= 15 is 0 Å². The Bertz CT molecular complexity index is 605. The Hall–Kier alpha value is -1.16. The van der Waals surface area contributed by atoms with E-state index < -0.39 is 0 Å². The van der Waals surface area contributed by atoms with Crippen molar-refractivity contribution in [1.82, 2.24) is 9.97 Å². The summed E-state index contributed by atoms with van der Waals surface area (Å²) in [7, 11) is 0. The topological polar surface area (TPSA) is 37.8 Å². The summed E-state index contributed by atoms with van der Waals surface area (Å²) in [6.07, 6.45) is 5.15. The molecule has 0 radical (unpaired) electrons. The minimum atomic E-state index is 0.544. The Morgan fingerprint density at radius 2 is 2.20 bits per heavy atom. The van der Waals surface area contributed by atoms with E-state index in [2.05, 4.69) is 32.2 Å². The van der Waals surface area contributed by atoms with E-state index in [4.69, 9.17) is 9.97 Å². The smallest absolute Gasteiger partial charge is 0.138 e. The highest BCUT2D eigenvalue weighted by atomic mass is 32.1. The fraction of sp³-hybridized carbons (Fsp3) is 0.625. The van der Waals surface area contributed by atoms with Gasteiger partial charge in [0.15, 0.2) is 0 Å². The number of hydrogen-bond donors (Lipinski definition) is 1. The molecule has 0 amide bonds. The Kier molecular flexibility index (Phi) is 3.92. The van der Waals surface area contributed by atoms with Crippen molar-refractivity contribution >= 4 is 27.4 Å². The van der Waals surface area contributed by atoms with Crippen LogP contribution in [-0.4, -0.2) is 16.5 Å². The second-order valence-corrected chi connectivity index (χ2v) is 7.24. The van der Waals surface area contributed by atoms with Gasteiger partial charge in [0, 0.05) is 17.3 Å². The lowest BCUT2D eigenvalue weighted by atomic mass is 9.82. The van der Waals surface area contributed by atoms with Crippen molar-refractivity contribution in [1.29, 1.82) is 0 Å². The normalized spacial score (nSPS) is 23.1. The lowest BCUT2D eigenvalue weighted by molar-refractivity contribution is 0.336. The van der Waals surface area contributed by atoms with Crippen LogP contribution in [0.3, 0.4) is 0 Å². The van der Waals surface area contributed by atoms with Crippen molar-refractivity contribution in [3.05, 3.63) is 16.8 Å². The van der Waals surface area contributed by atoms with Crippen LogP contribution in [0.15, 0.2) is 6.07 Å². The predicted octanol–water partition coefficient (Wildman–Crippen LogP) is 4.73. The molecule has 2 aromatic rings. The largest absolute Gasteiger partial charge is 0.370 e. The third-order valence-corrected chi connectivity index (χ3v) is 5.12. The van der Waals surface area contributed by atoms with Crippen LogP contribution in [0.25, 0.3) is 10.2 Å². The molecule has 2 aromatic heterocycles. The van der Waals surface area contributed by atoms with Gasteiger partial charge in [-0.1, -0.05) is 19.8 Å². The Morgan fingerprint density at radius 1 is 1.35 bits per heavy atom. The number of nitrogens with zero attached hydrogens (tertiary/aromatic N) is 2. The van der Waals surface area contributed by atoms with Gasteiger partial charge >= 0.3 is 0 Å². The summed E-state index contributed by atoms with van der Waals surface area (Å²) >= 11 is 1.78. The number of thiophene rings is 1. The molecular weight excluding hydrogens is 266 g/mol. The van der Waals surface area contributed by atoms with Gasteiger partial charge in [-0.05, 0) is 38.7 Å². The summed E-state index contributed by atoms with van der Waals surface area (Å²) in [5, 5.41) is 4.59. The number of anilines is 1. The van der Waals surface area contributed by atoms with E-state index in [-0.39, 0.29) is 0 Å². The lowest BCUT2D eigenvalue weighted by Crippen LogP contribution is -2.15. The zero-order valence-electron chi connectivity index (χ0n) is 12.6. The minimum absolute atomic E-state index is 0.544. The summed E-state index contributed by atoms with van der Waals surface area (Å²) in [5.41, 5.74) is 0. The van der Waals surface area contributed by atoms with E-state index in [1.165, 1.54) is 35.9 Å². The highest BCUT2D eigenvalue weighted by Gasteiger charge is 2.24. The molecule has 3 nitrogen and oxygen atoms in total. The van der Waals surface area contributed by atoms with Crippen LogP contribution in [-0.2, 0) is 0 Å². The molecule has 108 valence electrons. The zero-order valence-corrected chi connectivity index (χ0v) is 13.4. The summed E-state index contributed by atoms with van der Waals surface area (Å²) < 4.78 is 0. The average Bonchev–Trinajstić information content (AvgIpc) is 2.79. The molecule has 1 N–H and O–H groups in total. The van der Waals surface area contributed by atoms with Crippen molar-refractivity contribution in [2.45, 2.75) is 52.4 Å². The molecule has 0 saturated heterocycles. The van der Waals surface area contributed by atoms with Crippen molar-refractivity contribution < 1.29 is 0 Å². The Labute approximate surface area is 124 Å². The maximum atomic E-state index is 4.86. The van der Waals surface area contributed by atoms with Gasteiger partial charge in [-0.15, -0.1) is 11.3 Å². The first kappa shape index (κ1) is 13.8. The third-order valence-electron chi connectivity index (χ3n) is 4.18. The highest BCUT2D eigenvalue weighted by molar-refractivity contribution is 7.18. The number of nitrogens with one attached hydrogen (secondary N) is 1. The number of aromatic nitrogens is 2. The van der Waals surface area contributed by atoms with Gasteiger partial charge in [0.25, 0.3) is 0 Å². The zero-order chi connectivity index (χ0) is 14.1. The Morgan fingerprint density at radius 3 is 2.95 bits per heavy atom. The monoisotopic (exact) mass is 289 g/mol. The SMILES string of the molecule is CCNc1nc(C2CCCC(C)C2)nc2sc(C)cc12. The van der Waals surface area contributed by atoms with Gasteiger partial charge < -0.3 is 5.32 Å². The maximum Gasteiger partial charge on any atom is 0.138 e. The predicted molar refractivity (Wildman–Crippen MR) is 86.7 cm³/mol. The van der Waals surface area contributed by atoms with Crippen molar-refractivity contribution in [3.63, 3.8) is 0 Å². The number of aryl methyl sites for hydroxylation is 1. The van der Waals surface area contributed by atoms with Crippen LogP contribution in [0.4, 0.5) is 5.82 Å². The van der Waals surface area contributed by atoms with Crippen LogP contribution in [0.2, 0.25) is 0 Å².